The van der Waals surface area contributed by atoms with E-state index in [4.69, 9.17) is 5.11 Å². The number of hydrogen-bond donors (Lipinski definition) is 1. The summed E-state index contributed by atoms with van der Waals surface area (Å²) in [5, 5.41) is 9.99. The fraction of sp³-hybridized carbons (Fsp3) is 0.385. The molecule has 3 nitrogen and oxygen atoms in total. The number of aromatic carboxylic acids is 1. The Morgan fingerprint density at radius 1 is 1.41 bits per heavy atom. The van der Waals surface area contributed by atoms with Crippen molar-refractivity contribution in [3.05, 3.63) is 28.8 Å². The molecule has 90 valence electrons. The number of thiazole rings is 1. The third-order valence-corrected chi connectivity index (χ3v) is 3.38. The van der Waals surface area contributed by atoms with Gasteiger partial charge in [0, 0.05) is 6.42 Å². The Bertz CT molecular complexity index is 566. The first-order valence-electron chi connectivity index (χ1n) is 5.48. The summed E-state index contributed by atoms with van der Waals surface area (Å²) in [6.45, 7) is 6.51. The molecule has 2 aromatic rings. The van der Waals surface area contributed by atoms with E-state index in [1.165, 1.54) is 0 Å². The summed E-state index contributed by atoms with van der Waals surface area (Å²) in [6.07, 6.45) is 0.911. The van der Waals surface area contributed by atoms with Crippen molar-refractivity contribution in [3.8, 4) is 0 Å². The lowest BCUT2D eigenvalue weighted by molar-refractivity contribution is 0.0697. The summed E-state index contributed by atoms with van der Waals surface area (Å²) in [5.74, 6) is -0.891. The van der Waals surface area contributed by atoms with Crippen LogP contribution in [-0.4, -0.2) is 16.1 Å². The van der Waals surface area contributed by atoms with Crippen molar-refractivity contribution >= 4 is 27.5 Å². The molecule has 0 aliphatic rings. The van der Waals surface area contributed by atoms with Crippen LogP contribution in [0.4, 0.5) is 0 Å². The standard InChI is InChI=1S/C13H15NO2S/c1-13(2,3)7-11-14-9-5-4-8(12(15)16)6-10(9)17-11/h4-6H,7H2,1-3H3,(H,15,16). The fourth-order valence-electron chi connectivity index (χ4n) is 1.63. The average Bonchev–Trinajstić information content (AvgIpc) is 2.54. The van der Waals surface area contributed by atoms with Gasteiger partial charge in [0.25, 0.3) is 0 Å². The van der Waals surface area contributed by atoms with Gasteiger partial charge in [-0.2, -0.15) is 0 Å². The van der Waals surface area contributed by atoms with Crippen LogP contribution in [-0.2, 0) is 6.42 Å². The number of benzene rings is 1. The zero-order chi connectivity index (χ0) is 12.6. The second-order valence-corrected chi connectivity index (χ2v) is 6.45. The molecule has 4 heteroatoms. The molecular formula is C13H15NO2S. The molecule has 1 N–H and O–H groups in total. The zero-order valence-electron chi connectivity index (χ0n) is 10.2. The van der Waals surface area contributed by atoms with Crippen molar-refractivity contribution in [1.29, 1.82) is 0 Å². The molecule has 0 saturated carbocycles. The van der Waals surface area contributed by atoms with Crippen LogP contribution < -0.4 is 0 Å². The number of carboxylic acids is 1. The summed E-state index contributed by atoms with van der Waals surface area (Å²) >= 11 is 1.58. The van der Waals surface area contributed by atoms with E-state index >= 15 is 0 Å². The van der Waals surface area contributed by atoms with Gasteiger partial charge in [-0.25, -0.2) is 9.78 Å². The van der Waals surface area contributed by atoms with Gasteiger partial charge in [0.1, 0.15) is 0 Å². The monoisotopic (exact) mass is 249 g/mol. The molecule has 0 bridgehead atoms. The van der Waals surface area contributed by atoms with E-state index in [1.54, 1.807) is 29.5 Å². The molecule has 2 rings (SSSR count). The molecule has 1 aromatic carbocycles. The third kappa shape index (κ3) is 2.82. The number of rotatable bonds is 2. The quantitative estimate of drug-likeness (QED) is 0.885. The molecule has 1 heterocycles. The molecule has 0 aliphatic carbocycles. The van der Waals surface area contributed by atoms with Gasteiger partial charge in [0.15, 0.2) is 0 Å². The number of nitrogens with zero attached hydrogens (tertiary/aromatic N) is 1. The van der Waals surface area contributed by atoms with Crippen LogP contribution in [0.25, 0.3) is 10.2 Å². The Hall–Kier alpha value is -1.42. The highest BCUT2D eigenvalue weighted by molar-refractivity contribution is 7.18. The molecule has 0 unspecified atom stereocenters. The van der Waals surface area contributed by atoms with Gasteiger partial charge in [-0.3, -0.25) is 0 Å². The van der Waals surface area contributed by atoms with Crippen molar-refractivity contribution in [2.45, 2.75) is 27.2 Å². The lowest BCUT2D eigenvalue weighted by Crippen LogP contribution is -2.08. The summed E-state index contributed by atoms with van der Waals surface area (Å²) in [5.41, 5.74) is 1.41. The topological polar surface area (TPSA) is 50.2 Å². The Kier molecular flexibility index (Phi) is 2.91. The van der Waals surface area contributed by atoms with Gasteiger partial charge in [-0.05, 0) is 23.6 Å². The minimum atomic E-state index is -0.891. The largest absolute Gasteiger partial charge is 0.478 e. The van der Waals surface area contributed by atoms with E-state index < -0.39 is 5.97 Å². The molecule has 17 heavy (non-hydrogen) atoms. The Balaban J connectivity index is 2.40. The van der Waals surface area contributed by atoms with Crippen molar-refractivity contribution in [2.24, 2.45) is 5.41 Å². The highest BCUT2D eigenvalue weighted by Crippen LogP contribution is 2.28. The summed E-state index contributed by atoms with van der Waals surface area (Å²) in [6, 6.07) is 5.08. The SMILES string of the molecule is CC(C)(C)Cc1nc2ccc(C(=O)O)cc2s1. The van der Waals surface area contributed by atoms with Crippen molar-refractivity contribution in [3.63, 3.8) is 0 Å². The van der Waals surface area contributed by atoms with Crippen LogP contribution in [0.3, 0.4) is 0 Å². The molecule has 0 atom stereocenters. The van der Waals surface area contributed by atoms with E-state index in [0.717, 1.165) is 21.6 Å². The molecule has 0 fully saturated rings. The second-order valence-electron chi connectivity index (χ2n) is 5.33. The van der Waals surface area contributed by atoms with Crippen LogP contribution >= 0.6 is 11.3 Å². The average molecular weight is 249 g/mol. The van der Waals surface area contributed by atoms with Crippen molar-refractivity contribution in [1.82, 2.24) is 4.98 Å². The number of fused-ring (bicyclic) bond motifs is 1. The second kappa shape index (κ2) is 4.11. The van der Waals surface area contributed by atoms with E-state index in [2.05, 4.69) is 25.8 Å². The first-order chi connectivity index (χ1) is 7.85. The molecule has 0 amide bonds. The Morgan fingerprint density at radius 2 is 2.12 bits per heavy atom. The summed E-state index contributed by atoms with van der Waals surface area (Å²) < 4.78 is 0.948. The first-order valence-corrected chi connectivity index (χ1v) is 6.29. The zero-order valence-corrected chi connectivity index (χ0v) is 11.0. The lowest BCUT2D eigenvalue weighted by atomic mass is 9.93. The minimum Gasteiger partial charge on any atom is -0.478 e. The van der Waals surface area contributed by atoms with Gasteiger partial charge in [0.2, 0.25) is 0 Å². The first kappa shape index (κ1) is 12.0. The van der Waals surface area contributed by atoms with E-state index in [9.17, 15) is 4.79 Å². The maximum absolute atomic E-state index is 10.9. The van der Waals surface area contributed by atoms with E-state index in [-0.39, 0.29) is 5.41 Å². The molecular weight excluding hydrogens is 234 g/mol. The maximum Gasteiger partial charge on any atom is 0.335 e. The fourth-order valence-corrected chi connectivity index (χ4v) is 2.94. The van der Waals surface area contributed by atoms with Gasteiger partial charge in [0.05, 0.1) is 20.8 Å². The van der Waals surface area contributed by atoms with E-state index in [1.807, 2.05) is 0 Å². The molecule has 0 aliphatic heterocycles. The molecule has 0 spiro atoms. The predicted molar refractivity (Wildman–Crippen MR) is 69.7 cm³/mol. The van der Waals surface area contributed by atoms with Crippen LogP contribution in [0.15, 0.2) is 18.2 Å². The van der Waals surface area contributed by atoms with Crippen molar-refractivity contribution in [2.75, 3.05) is 0 Å². The number of aromatic nitrogens is 1. The maximum atomic E-state index is 10.9. The van der Waals surface area contributed by atoms with Crippen LogP contribution in [0.1, 0.15) is 36.1 Å². The van der Waals surface area contributed by atoms with Crippen LogP contribution in [0.2, 0.25) is 0 Å². The highest BCUT2D eigenvalue weighted by atomic mass is 32.1. The molecule has 0 radical (unpaired) electrons. The normalized spacial score (nSPS) is 11.9. The van der Waals surface area contributed by atoms with Gasteiger partial charge >= 0.3 is 5.97 Å². The highest BCUT2D eigenvalue weighted by Gasteiger charge is 2.15. The minimum absolute atomic E-state index is 0.198. The smallest absolute Gasteiger partial charge is 0.335 e. The number of carbonyl (C=O) groups is 1. The molecule has 1 aromatic heterocycles. The van der Waals surface area contributed by atoms with Crippen LogP contribution in [0.5, 0.6) is 0 Å². The molecule has 0 saturated heterocycles. The third-order valence-electron chi connectivity index (χ3n) is 2.36. The van der Waals surface area contributed by atoms with Crippen LogP contribution in [0, 0.1) is 5.41 Å². The predicted octanol–water partition coefficient (Wildman–Crippen LogP) is 3.58. The summed E-state index contributed by atoms with van der Waals surface area (Å²) in [7, 11) is 0. The Morgan fingerprint density at radius 3 is 2.71 bits per heavy atom. The van der Waals surface area contributed by atoms with Gasteiger partial charge in [-0.1, -0.05) is 20.8 Å². The lowest BCUT2D eigenvalue weighted by Gasteiger charge is -2.15. The summed E-state index contributed by atoms with van der Waals surface area (Å²) in [4.78, 5) is 15.4. The number of carboxylic acid groups (broad SMARTS) is 1. The van der Waals surface area contributed by atoms with Gasteiger partial charge < -0.3 is 5.11 Å². The van der Waals surface area contributed by atoms with E-state index in [0.29, 0.717) is 5.56 Å². The Labute approximate surface area is 104 Å². The van der Waals surface area contributed by atoms with Gasteiger partial charge in [-0.15, -0.1) is 11.3 Å². The number of hydrogen-bond acceptors (Lipinski definition) is 3. The van der Waals surface area contributed by atoms with Crippen molar-refractivity contribution < 1.29 is 9.90 Å².